The number of sulfone groups is 1. The van der Waals surface area contributed by atoms with Gasteiger partial charge in [-0.2, -0.15) is 8.42 Å². The molecule has 0 aliphatic heterocycles. The maximum atomic E-state index is 13.0. The van der Waals surface area contributed by atoms with Gasteiger partial charge in [-0.05, 0) is 96.3 Å². The summed E-state index contributed by atoms with van der Waals surface area (Å²) in [5, 5.41) is 16.2. The highest BCUT2D eigenvalue weighted by molar-refractivity contribution is 9.42. The fraction of sp³-hybridized carbons (Fsp3) is 0.125. The van der Waals surface area contributed by atoms with Crippen molar-refractivity contribution in [2.45, 2.75) is 11.5 Å². The molecule has 0 saturated carbocycles. The number of halogens is 3. The molecule has 1 aromatic heterocycles. The molecular weight excluding hydrogens is 650 g/mol. The van der Waals surface area contributed by atoms with E-state index in [1.807, 2.05) is 0 Å². The summed E-state index contributed by atoms with van der Waals surface area (Å²) in [5.74, 6) is 0.508. The molecule has 0 radical (unpaired) electrons. The lowest BCUT2D eigenvalue weighted by molar-refractivity contribution is 0.0985. The first-order valence-electron chi connectivity index (χ1n) is 8.05. The van der Waals surface area contributed by atoms with Crippen LogP contribution in [0.4, 0.5) is 0 Å². The fourth-order valence-corrected chi connectivity index (χ4v) is 5.08. The van der Waals surface area contributed by atoms with Crippen molar-refractivity contribution in [3.63, 3.8) is 0 Å². The second-order valence-corrected chi connectivity index (χ2v) is 17.6. The molecule has 0 aliphatic carbocycles. The van der Waals surface area contributed by atoms with Crippen molar-refractivity contribution in [1.29, 1.82) is 0 Å². The van der Waals surface area contributed by atoms with E-state index in [9.17, 15) is 21.4 Å². The molecule has 166 valence electrons. The van der Waals surface area contributed by atoms with Crippen LogP contribution in [0.3, 0.4) is 0 Å². The molecule has 3 rings (SSSR count). The second kappa shape index (κ2) is 8.88. The van der Waals surface area contributed by atoms with E-state index in [1.54, 1.807) is 24.3 Å². The Morgan fingerprint density at radius 2 is 1.52 bits per heavy atom. The molecule has 31 heavy (non-hydrogen) atoms. The van der Waals surface area contributed by atoms with Gasteiger partial charge in [-0.25, -0.2) is 8.42 Å². The molecule has 0 fully saturated rings. The van der Waals surface area contributed by atoms with Crippen molar-refractivity contribution < 1.29 is 31.2 Å². The van der Waals surface area contributed by atoms with Crippen molar-refractivity contribution in [3.05, 3.63) is 48.5 Å². The van der Waals surface area contributed by atoms with Gasteiger partial charge in [0.2, 0.25) is 11.3 Å². The summed E-state index contributed by atoms with van der Waals surface area (Å²) in [7, 11) is -8.62. The van der Waals surface area contributed by atoms with Crippen molar-refractivity contribution in [2.24, 2.45) is 0 Å². The highest BCUT2D eigenvalue weighted by atomic mass is 80.0. The van der Waals surface area contributed by atoms with Gasteiger partial charge in [0.15, 0.2) is 12.6 Å². The molecule has 2 aromatic carbocycles. The zero-order valence-electron chi connectivity index (χ0n) is 15.1. The van der Waals surface area contributed by atoms with Gasteiger partial charge in [0.05, 0.1) is 4.90 Å². The Bertz CT molecular complexity index is 1300. The van der Waals surface area contributed by atoms with Crippen LogP contribution in [-0.4, -0.2) is 49.5 Å². The predicted octanol–water partition coefficient (Wildman–Crippen LogP) is 3.08. The molecule has 0 unspecified atom stereocenters. The van der Waals surface area contributed by atoms with Crippen LogP contribution in [0.15, 0.2) is 58.6 Å². The third-order valence-corrected chi connectivity index (χ3v) is 9.97. The van der Waals surface area contributed by atoms with Crippen LogP contribution in [0.2, 0.25) is 0 Å². The van der Waals surface area contributed by atoms with Crippen molar-refractivity contribution in [2.75, 3.05) is 6.79 Å². The highest BCUT2D eigenvalue weighted by Crippen LogP contribution is 2.43. The van der Waals surface area contributed by atoms with Crippen molar-refractivity contribution >= 4 is 67.7 Å². The van der Waals surface area contributed by atoms with E-state index in [4.69, 9.17) is 9.84 Å². The summed E-state index contributed by atoms with van der Waals surface area (Å²) in [4.78, 5) is -0.364. The Balaban J connectivity index is 2.24. The molecule has 15 heteroatoms. The van der Waals surface area contributed by atoms with Gasteiger partial charge in [0.1, 0.15) is 5.75 Å². The minimum atomic E-state index is -4.44. The minimum absolute atomic E-state index is 0.130. The van der Waals surface area contributed by atoms with E-state index in [1.165, 1.54) is 16.7 Å². The van der Waals surface area contributed by atoms with Gasteiger partial charge < -0.3 is 9.84 Å². The molecule has 0 atom stereocenters. The van der Waals surface area contributed by atoms with E-state index in [0.717, 1.165) is 12.1 Å². The number of hydrogen-bond donors (Lipinski definition) is 2. The predicted molar refractivity (Wildman–Crippen MR) is 121 cm³/mol. The monoisotopic (exact) mass is 659 g/mol. The van der Waals surface area contributed by atoms with E-state index in [0.29, 0.717) is 11.3 Å². The molecule has 0 aliphatic rings. The summed E-state index contributed by atoms with van der Waals surface area (Å²) in [6.07, 6.45) is 0. The van der Waals surface area contributed by atoms with Gasteiger partial charge in [-0.1, -0.05) is 0 Å². The van der Waals surface area contributed by atoms with Gasteiger partial charge >= 0.3 is 0 Å². The lowest BCUT2D eigenvalue weighted by Gasteiger charge is -2.15. The van der Waals surface area contributed by atoms with Crippen LogP contribution in [0.25, 0.3) is 17.1 Å². The molecule has 0 bridgehead atoms. The van der Waals surface area contributed by atoms with Crippen LogP contribution in [0, 0.1) is 0 Å². The first kappa shape index (κ1) is 24.3. The van der Waals surface area contributed by atoms with E-state index in [-0.39, 0.29) is 16.4 Å². The normalized spacial score (nSPS) is 12.7. The maximum absolute atomic E-state index is 13.0. The number of benzene rings is 2. The molecule has 0 amide bonds. The quantitative estimate of drug-likeness (QED) is 0.231. The molecule has 0 saturated heterocycles. The molecule has 10 nitrogen and oxygen atoms in total. The molecule has 3 aromatic rings. The standard InChI is InChI=1S/C16H12Br3N3O7S2/c17-16(18,19)30(24,25)15-21-20-14(10-1-5-12(6-2-10)29-9-23)22(15)11-3-7-13(8-4-11)31(26,27)28/h1-8,23H,9H2,(H,26,27,28). The topological polar surface area (TPSA) is 149 Å². The average molecular weight is 662 g/mol. The second-order valence-electron chi connectivity index (χ2n) is 5.86. The highest BCUT2D eigenvalue weighted by Gasteiger charge is 2.42. The number of hydrogen-bond acceptors (Lipinski definition) is 8. The fourth-order valence-electron chi connectivity index (χ4n) is 2.51. The van der Waals surface area contributed by atoms with Gasteiger partial charge in [-0.15, -0.1) is 10.2 Å². The Hall–Kier alpha value is -1.36. The minimum Gasteiger partial charge on any atom is -0.468 e. The Kier molecular flexibility index (Phi) is 6.96. The lowest BCUT2D eigenvalue weighted by atomic mass is 10.2. The average Bonchev–Trinajstić information content (AvgIpc) is 3.13. The Morgan fingerprint density at radius 3 is 2.00 bits per heavy atom. The molecule has 2 N–H and O–H groups in total. The van der Waals surface area contributed by atoms with E-state index >= 15 is 0 Å². The third kappa shape index (κ3) is 5.02. The van der Waals surface area contributed by atoms with Crippen LogP contribution in [-0.2, 0) is 20.0 Å². The van der Waals surface area contributed by atoms with Crippen LogP contribution in [0.1, 0.15) is 0 Å². The number of aromatic nitrogens is 3. The summed E-state index contributed by atoms with van der Waals surface area (Å²) in [5.41, 5.74) is 0.681. The SMILES string of the molecule is O=S(=O)(O)c1ccc(-n2c(-c3ccc(OCO)cc3)nnc2S(=O)(=O)C(Br)(Br)Br)cc1. The zero-order valence-corrected chi connectivity index (χ0v) is 21.4. The number of alkyl halides is 3. The van der Waals surface area contributed by atoms with Crippen LogP contribution in [0.5, 0.6) is 5.75 Å². The van der Waals surface area contributed by atoms with Crippen LogP contribution < -0.4 is 4.74 Å². The summed E-state index contributed by atoms with van der Waals surface area (Å²) < 4.78 is 62.4. The summed E-state index contributed by atoms with van der Waals surface area (Å²) in [6.45, 7) is -0.512. The lowest BCUT2D eigenvalue weighted by Crippen LogP contribution is -2.22. The third-order valence-electron chi connectivity index (χ3n) is 3.91. The van der Waals surface area contributed by atoms with E-state index in [2.05, 4.69) is 58.0 Å². The zero-order chi connectivity index (χ0) is 23.0. The Morgan fingerprint density at radius 1 is 0.935 bits per heavy atom. The number of aliphatic hydroxyl groups excluding tert-OH is 1. The van der Waals surface area contributed by atoms with Gasteiger partial charge in [0.25, 0.3) is 15.3 Å². The smallest absolute Gasteiger partial charge is 0.294 e. The van der Waals surface area contributed by atoms with Crippen LogP contribution >= 0.6 is 47.8 Å². The number of nitrogens with zero attached hydrogens (tertiary/aromatic N) is 3. The number of aliphatic hydroxyl groups is 1. The maximum Gasteiger partial charge on any atom is 0.294 e. The largest absolute Gasteiger partial charge is 0.468 e. The van der Waals surface area contributed by atoms with Gasteiger partial charge in [0, 0.05) is 11.3 Å². The van der Waals surface area contributed by atoms with E-state index < -0.39 is 33.4 Å². The molecule has 0 spiro atoms. The summed E-state index contributed by atoms with van der Waals surface area (Å²) >= 11 is 8.96. The van der Waals surface area contributed by atoms with Crippen molar-refractivity contribution in [3.8, 4) is 22.8 Å². The summed E-state index contributed by atoms with van der Waals surface area (Å²) in [6, 6.07) is 11.1. The first-order valence-corrected chi connectivity index (χ1v) is 13.4. The number of rotatable bonds is 6. The van der Waals surface area contributed by atoms with Crippen molar-refractivity contribution in [1.82, 2.24) is 14.8 Å². The molecular formula is C16H12Br3N3O7S2. The first-order chi connectivity index (χ1) is 14.4. The number of ether oxygens (including phenoxy) is 1. The van der Waals surface area contributed by atoms with Gasteiger partial charge in [-0.3, -0.25) is 9.12 Å². The molecule has 1 heterocycles. The Labute approximate surface area is 202 Å².